The monoisotopic (exact) mass is 284 g/mol. The number of benzene rings is 1. The Morgan fingerprint density at radius 2 is 1.95 bits per heavy atom. The third-order valence-electron chi connectivity index (χ3n) is 3.71. The van der Waals surface area contributed by atoms with E-state index in [2.05, 4.69) is 40.4 Å². The van der Waals surface area contributed by atoms with E-state index in [1.54, 1.807) is 0 Å². The van der Waals surface area contributed by atoms with Crippen molar-refractivity contribution in [2.45, 2.75) is 39.2 Å². The molecule has 1 aliphatic rings. The largest absolute Gasteiger partial charge is 0.488 e. The van der Waals surface area contributed by atoms with Gasteiger partial charge in [-0.3, -0.25) is 0 Å². The molecule has 0 amide bonds. The molecular weight excluding hydrogens is 264 g/mol. The van der Waals surface area contributed by atoms with Crippen LogP contribution in [0.1, 0.15) is 30.8 Å². The van der Waals surface area contributed by atoms with Crippen molar-refractivity contribution in [3.8, 4) is 5.75 Å². The van der Waals surface area contributed by atoms with Crippen LogP contribution in [0.25, 0.3) is 0 Å². The molecule has 0 fully saturated rings. The molecule has 0 radical (unpaired) electrons. The van der Waals surface area contributed by atoms with Crippen molar-refractivity contribution >= 4 is 5.95 Å². The first-order chi connectivity index (χ1) is 10.3. The molecule has 2 heterocycles. The summed E-state index contributed by atoms with van der Waals surface area (Å²) < 4.78 is 5.89. The number of hydrogen-bond donors (Lipinski definition) is 1. The maximum Gasteiger partial charge on any atom is 0.243 e. The SMILES string of the molecule is CCc1nnc(NCC2Cc3ccccc3O2)nc1CC. The molecule has 0 saturated heterocycles. The fourth-order valence-corrected chi connectivity index (χ4v) is 2.59. The van der Waals surface area contributed by atoms with E-state index >= 15 is 0 Å². The van der Waals surface area contributed by atoms with E-state index in [-0.39, 0.29) is 6.10 Å². The standard InChI is InChI=1S/C16H20N4O/c1-3-13-14(4-2)19-20-16(18-13)17-10-12-9-11-7-5-6-8-15(11)21-12/h5-8,12H,3-4,9-10H2,1-2H3,(H,17,18,20). The van der Waals surface area contributed by atoms with Crippen LogP contribution in [-0.2, 0) is 19.3 Å². The maximum atomic E-state index is 5.89. The highest BCUT2D eigenvalue weighted by Crippen LogP contribution is 2.28. The smallest absolute Gasteiger partial charge is 0.243 e. The zero-order valence-corrected chi connectivity index (χ0v) is 12.5. The molecule has 1 aromatic heterocycles. The third kappa shape index (κ3) is 2.96. The van der Waals surface area contributed by atoms with E-state index in [4.69, 9.17) is 4.74 Å². The van der Waals surface area contributed by atoms with E-state index < -0.39 is 0 Å². The Morgan fingerprint density at radius 3 is 2.71 bits per heavy atom. The second kappa shape index (κ2) is 6.08. The van der Waals surface area contributed by atoms with Gasteiger partial charge >= 0.3 is 0 Å². The second-order valence-corrected chi connectivity index (χ2v) is 5.17. The van der Waals surface area contributed by atoms with Crippen molar-refractivity contribution in [1.29, 1.82) is 0 Å². The Balaban J connectivity index is 1.62. The third-order valence-corrected chi connectivity index (χ3v) is 3.71. The molecule has 1 aliphatic heterocycles. The predicted molar refractivity (Wildman–Crippen MR) is 81.6 cm³/mol. The van der Waals surface area contributed by atoms with E-state index in [0.717, 1.165) is 36.4 Å². The minimum Gasteiger partial charge on any atom is -0.488 e. The molecule has 1 aromatic carbocycles. The molecule has 5 nitrogen and oxygen atoms in total. The van der Waals surface area contributed by atoms with Gasteiger partial charge in [-0.2, -0.15) is 5.10 Å². The molecule has 1 atom stereocenters. The Bertz CT molecular complexity index is 604. The van der Waals surface area contributed by atoms with Crippen LogP contribution in [0.3, 0.4) is 0 Å². The molecule has 3 rings (SSSR count). The predicted octanol–water partition coefficient (Wildman–Crippen LogP) is 2.41. The van der Waals surface area contributed by atoms with Crippen LogP contribution in [0.15, 0.2) is 24.3 Å². The normalized spacial score (nSPS) is 16.4. The van der Waals surface area contributed by atoms with Crippen molar-refractivity contribution in [2.75, 3.05) is 11.9 Å². The highest BCUT2D eigenvalue weighted by Gasteiger charge is 2.22. The quantitative estimate of drug-likeness (QED) is 0.913. The van der Waals surface area contributed by atoms with Gasteiger partial charge in [0.2, 0.25) is 5.95 Å². The van der Waals surface area contributed by atoms with Gasteiger partial charge in [0.05, 0.1) is 17.9 Å². The van der Waals surface area contributed by atoms with Crippen molar-refractivity contribution < 1.29 is 4.74 Å². The number of fused-ring (bicyclic) bond motifs is 1. The number of rotatable bonds is 5. The van der Waals surface area contributed by atoms with Crippen molar-refractivity contribution in [2.24, 2.45) is 0 Å². The lowest BCUT2D eigenvalue weighted by atomic mass is 10.1. The molecule has 0 spiro atoms. The van der Waals surface area contributed by atoms with Crippen LogP contribution in [0, 0.1) is 0 Å². The average Bonchev–Trinajstić information content (AvgIpc) is 2.95. The van der Waals surface area contributed by atoms with Gasteiger partial charge in [0.15, 0.2) is 0 Å². The molecular formula is C16H20N4O. The first kappa shape index (κ1) is 13.8. The lowest BCUT2D eigenvalue weighted by Gasteiger charge is -2.12. The van der Waals surface area contributed by atoms with E-state index in [1.807, 2.05) is 18.2 Å². The molecule has 110 valence electrons. The van der Waals surface area contributed by atoms with Crippen LogP contribution in [0.5, 0.6) is 5.75 Å². The highest BCUT2D eigenvalue weighted by atomic mass is 16.5. The van der Waals surface area contributed by atoms with Gasteiger partial charge in [0.1, 0.15) is 11.9 Å². The number of para-hydroxylation sites is 1. The van der Waals surface area contributed by atoms with Gasteiger partial charge in [-0.05, 0) is 24.5 Å². The summed E-state index contributed by atoms with van der Waals surface area (Å²) in [7, 11) is 0. The first-order valence-corrected chi connectivity index (χ1v) is 7.51. The summed E-state index contributed by atoms with van der Waals surface area (Å²) in [5.41, 5.74) is 3.26. The minimum atomic E-state index is 0.127. The summed E-state index contributed by atoms with van der Waals surface area (Å²) in [4.78, 5) is 4.53. The van der Waals surface area contributed by atoms with Crippen molar-refractivity contribution in [3.63, 3.8) is 0 Å². The van der Waals surface area contributed by atoms with Crippen molar-refractivity contribution in [3.05, 3.63) is 41.2 Å². The highest BCUT2D eigenvalue weighted by molar-refractivity contribution is 5.38. The van der Waals surface area contributed by atoms with E-state index in [0.29, 0.717) is 12.5 Å². The summed E-state index contributed by atoms with van der Waals surface area (Å²) in [6.07, 6.45) is 2.79. The lowest BCUT2D eigenvalue weighted by Crippen LogP contribution is -2.25. The summed E-state index contributed by atoms with van der Waals surface area (Å²) >= 11 is 0. The van der Waals surface area contributed by atoms with Gasteiger partial charge in [0.25, 0.3) is 0 Å². The number of hydrogen-bond acceptors (Lipinski definition) is 5. The Kier molecular flexibility index (Phi) is 3.99. The Hall–Kier alpha value is -2.17. The molecule has 0 saturated carbocycles. The van der Waals surface area contributed by atoms with Crippen LogP contribution in [0.2, 0.25) is 0 Å². The molecule has 2 aromatic rings. The molecule has 0 aliphatic carbocycles. The molecule has 1 unspecified atom stereocenters. The van der Waals surface area contributed by atoms with E-state index in [9.17, 15) is 0 Å². The summed E-state index contributed by atoms with van der Waals surface area (Å²) in [6, 6.07) is 8.16. The first-order valence-electron chi connectivity index (χ1n) is 7.51. The van der Waals surface area contributed by atoms with Gasteiger partial charge in [-0.1, -0.05) is 32.0 Å². The molecule has 21 heavy (non-hydrogen) atoms. The van der Waals surface area contributed by atoms with Crippen LogP contribution in [-0.4, -0.2) is 27.8 Å². The van der Waals surface area contributed by atoms with Gasteiger partial charge < -0.3 is 10.1 Å². The van der Waals surface area contributed by atoms with Crippen LogP contribution in [0.4, 0.5) is 5.95 Å². The number of ether oxygens (including phenoxy) is 1. The average molecular weight is 284 g/mol. The fraction of sp³-hybridized carbons (Fsp3) is 0.438. The molecule has 5 heteroatoms. The number of aryl methyl sites for hydroxylation is 2. The number of nitrogens with one attached hydrogen (secondary N) is 1. The van der Waals surface area contributed by atoms with Gasteiger partial charge in [0, 0.05) is 6.42 Å². The number of anilines is 1. The minimum absolute atomic E-state index is 0.127. The number of aromatic nitrogens is 3. The second-order valence-electron chi connectivity index (χ2n) is 5.17. The van der Waals surface area contributed by atoms with Crippen LogP contribution < -0.4 is 10.1 Å². The Labute approximate surface area is 124 Å². The fourth-order valence-electron chi connectivity index (χ4n) is 2.59. The van der Waals surface area contributed by atoms with E-state index in [1.165, 1.54) is 5.56 Å². The molecule has 0 bridgehead atoms. The van der Waals surface area contributed by atoms with Gasteiger partial charge in [-0.25, -0.2) is 4.98 Å². The molecule has 1 N–H and O–H groups in total. The summed E-state index contributed by atoms with van der Waals surface area (Å²) in [5, 5.41) is 11.6. The van der Waals surface area contributed by atoms with Crippen LogP contribution >= 0.6 is 0 Å². The van der Waals surface area contributed by atoms with Gasteiger partial charge in [-0.15, -0.1) is 5.10 Å². The van der Waals surface area contributed by atoms with Crippen molar-refractivity contribution in [1.82, 2.24) is 15.2 Å². The maximum absolute atomic E-state index is 5.89. The topological polar surface area (TPSA) is 59.9 Å². The zero-order valence-electron chi connectivity index (χ0n) is 12.5. The zero-order chi connectivity index (χ0) is 14.7. The number of nitrogens with zero attached hydrogens (tertiary/aromatic N) is 3. The lowest BCUT2D eigenvalue weighted by molar-refractivity contribution is 0.246. The Morgan fingerprint density at radius 1 is 1.14 bits per heavy atom. The summed E-state index contributed by atoms with van der Waals surface area (Å²) in [6.45, 7) is 4.84. The summed E-state index contributed by atoms with van der Waals surface area (Å²) in [5.74, 6) is 1.57.